The van der Waals surface area contributed by atoms with E-state index in [2.05, 4.69) is 6.58 Å². The zero-order chi connectivity index (χ0) is 11.1. The lowest BCUT2D eigenvalue weighted by molar-refractivity contribution is 0.429. The molecule has 15 heavy (non-hydrogen) atoms. The van der Waals surface area contributed by atoms with Gasteiger partial charge in [0.05, 0.1) is 0 Å². The highest BCUT2D eigenvalue weighted by Crippen LogP contribution is 2.16. The van der Waals surface area contributed by atoms with Gasteiger partial charge < -0.3 is 10.2 Å². The first-order valence-electron chi connectivity index (χ1n) is 4.69. The highest BCUT2D eigenvalue weighted by Gasteiger charge is 1.96. The Morgan fingerprint density at radius 2 is 2.07 bits per heavy atom. The van der Waals surface area contributed by atoms with E-state index in [1.807, 2.05) is 12.1 Å². The summed E-state index contributed by atoms with van der Waals surface area (Å²) in [5, 5.41) is 18.8. The zero-order valence-corrected chi connectivity index (χ0v) is 8.43. The number of phenols is 1. The summed E-state index contributed by atoms with van der Waals surface area (Å²) in [5.74, 6) is 0.410. The molecule has 78 valence electrons. The van der Waals surface area contributed by atoms with E-state index in [-0.39, 0.29) is 11.5 Å². The molecule has 0 aliphatic rings. The van der Waals surface area contributed by atoms with E-state index in [4.69, 9.17) is 0 Å². The van der Waals surface area contributed by atoms with Crippen LogP contribution in [-0.2, 0) is 6.42 Å². The van der Waals surface area contributed by atoms with E-state index >= 15 is 0 Å². The Kier molecular flexibility index (Phi) is 4.23. The van der Waals surface area contributed by atoms with Crippen molar-refractivity contribution in [2.24, 2.45) is 0 Å². The fourth-order valence-corrected chi connectivity index (χ4v) is 1.13. The van der Waals surface area contributed by atoms with Crippen molar-refractivity contribution in [1.29, 1.82) is 0 Å². The molecule has 0 fully saturated rings. The highest BCUT2D eigenvalue weighted by molar-refractivity contribution is 5.34. The number of hydrogen-bond donors (Lipinski definition) is 2. The molecule has 0 aliphatic carbocycles. The van der Waals surface area contributed by atoms with Crippen LogP contribution >= 0.6 is 0 Å². The molecule has 1 aromatic rings. The average Bonchev–Trinajstić information content (AvgIpc) is 2.25. The standard InChI is InChI=1S/C13H14O2/c1-2-3-7-12(14)10-9-11-6-4-5-8-13(11)15/h2-8,10,14-15H,1,9H2/b7-3-,12-10-. The molecule has 0 unspecified atom stereocenters. The summed E-state index contributed by atoms with van der Waals surface area (Å²) in [7, 11) is 0. The lowest BCUT2D eigenvalue weighted by Crippen LogP contribution is -1.83. The second-order valence-electron chi connectivity index (χ2n) is 3.06. The number of benzene rings is 1. The predicted molar refractivity (Wildman–Crippen MR) is 61.9 cm³/mol. The molecule has 2 heteroatoms. The van der Waals surface area contributed by atoms with Gasteiger partial charge >= 0.3 is 0 Å². The summed E-state index contributed by atoms with van der Waals surface area (Å²) in [6.45, 7) is 3.50. The van der Waals surface area contributed by atoms with Crippen molar-refractivity contribution in [3.8, 4) is 5.75 Å². The van der Waals surface area contributed by atoms with Gasteiger partial charge in [0.25, 0.3) is 0 Å². The van der Waals surface area contributed by atoms with Gasteiger partial charge in [0.15, 0.2) is 0 Å². The lowest BCUT2D eigenvalue weighted by atomic mass is 10.1. The Bertz CT molecular complexity index is 389. The van der Waals surface area contributed by atoms with E-state index in [1.165, 1.54) is 0 Å². The Morgan fingerprint density at radius 3 is 2.73 bits per heavy atom. The first-order chi connectivity index (χ1) is 7.24. The van der Waals surface area contributed by atoms with Gasteiger partial charge in [-0.3, -0.25) is 0 Å². The minimum Gasteiger partial charge on any atom is -0.508 e. The Labute approximate surface area is 89.5 Å². The fourth-order valence-electron chi connectivity index (χ4n) is 1.13. The van der Waals surface area contributed by atoms with Gasteiger partial charge in [-0.2, -0.15) is 0 Å². The van der Waals surface area contributed by atoms with Gasteiger partial charge in [0, 0.05) is 0 Å². The molecule has 0 radical (unpaired) electrons. The fraction of sp³-hybridized carbons (Fsp3) is 0.0769. The largest absolute Gasteiger partial charge is 0.508 e. The summed E-state index contributed by atoms with van der Waals surface area (Å²) in [5.41, 5.74) is 0.788. The molecule has 0 spiro atoms. The monoisotopic (exact) mass is 202 g/mol. The van der Waals surface area contributed by atoms with Crippen LogP contribution in [0.3, 0.4) is 0 Å². The summed E-state index contributed by atoms with van der Waals surface area (Å²) < 4.78 is 0. The molecule has 1 rings (SSSR count). The van der Waals surface area contributed by atoms with E-state index in [0.29, 0.717) is 6.42 Å². The van der Waals surface area contributed by atoms with Crippen molar-refractivity contribution in [3.05, 3.63) is 66.5 Å². The summed E-state index contributed by atoms with van der Waals surface area (Å²) in [6, 6.07) is 7.05. The molecular formula is C13H14O2. The Hall–Kier alpha value is -1.96. The Balaban J connectivity index is 2.67. The number of phenolic OH excluding ortho intramolecular Hbond substituents is 1. The average molecular weight is 202 g/mol. The molecule has 2 nitrogen and oxygen atoms in total. The quantitative estimate of drug-likeness (QED) is 0.581. The molecule has 0 aliphatic heterocycles. The van der Waals surface area contributed by atoms with Crippen molar-refractivity contribution in [2.45, 2.75) is 6.42 Å². The first-order valence-corrected chi connectivity index (χ1v) is 4.69. The SMILES string of the molecule is C=C/C=C\C(O)=C\Cc1ccccc1O. The molecule has 0 bridgehead atoms. The molecule has 2 N–H and O–H groups in total. The van der Waals surface area contributed by atoms with E-state index in [1.54, 1.807) is 36.4 Å². The second-order valence-corrected chi connectivity index (χ2v) is 3.06. The van der Waals surface area contributed by atoms with Crippen LogP contribution in [-0.4, -0.2) is 10.2 Å². The maximum atomic E-state index is 9.45. The minimum atomic E-state index is 0.165. The van der Waals surface area contributed by atoms with Crippen LogP contribution in [0.15, 0.2) is 60.9 Å². The summed E-state index contributed by atoms with van der Waals surface area (Å²) in [4.78, 5) is 0. The van der Waals surface area contributed by atoms with Crippen molar-refractivity contribution in [2.75, 3.05) is 0 Å². The van der Waals surface area contributed by atoms with Crippen LogP contribution in [0.1, 0.15) is 5.56 Å². The normalized spacial score (nSPS) is 11.9. The van der Waals surface area contributed by atoms with Gasteiger partial charge in [-0.05, 0) is 30.2 Å². The molecule has 0 atom stereocenters. The molecule has 0 saturated heterocycles. The van der Waals surface area contributed by atoms with Gasteiger partial charge in [0.2, 0.25) is 0 Å². The topological polar surface area (TPSA) is 40.5 Å². The molecule has 0 heterocycles. The molecule has 1 aromatic carbocycles. The number of aliphatic hydroxyl groups is 1. The van der Waals surface area contributed by atoms with Crippen LogP contribution in [0.25, 0.3) is 0 Å². The smallest absolute Gasteiger partial charge is 0.119 e. The maximum absolute atomic E-state index is 9.45. The first kappa shape index (κ1) is 11.1. The molecular weight excluding hydrogens is 188 g/mol. The summed E-state index contributed by atoms with van der Waals surface area (Å²) in [6.07, 6.45) is 6.92. The van der Waals surface area contributed by atoms with Crippen molar-refractivity contribution in [1.82, 2.24) is 0 Å². The predicted octanol–water partition coefficient (Wildman–Crippen LogP) is 3.12. The third kappa shape index (κ3) is 3.73. The number of rotatable bonds is 4. The maximum Gasteiger partial charge on any atom is 0.119 e. The van der Waals surface area contributed by atoms with Gasteiger partial charge in [-0.1, -0.05) is 36.9 Å². The summed E-state index contributed by atoms with van der Waals surface area (Å²) >= 11 is 0. The third-order valence-corrected chi connectivity index (χ3v) is 1.93. The second kappa shape index (κ2) is 5.70. The van der Waals surface area contributed by atoms with Crippen molar-refractivity contribution >= 4 is 0 Å². The number of allylic oxidation sites excluding steroid dienone is 4. The van der Waals surface area contributed by atoms with Crippen LogP contribution in [0.5, 0.6) is 5.75 Å². The van der Waals surface area contributed by atoms with Gasteiger partial charge in [0.1, 0.15) is 11.5 Å². The number of aromatic hydroxyl groups is 1. The highest BCUT2D eigenvalue weighted by atomic mass is 16.3. The van der Waals surface area contributed by atoms with E-state index < -0.39 is 0 Å². The number of aliphatic hydroxyl groups excluding tert-OH is 1. The van der Waals surface area contributed by atoms with Crippen LogP contribution in [0, 0.1) is 0 Å². The molecule has 0 saturated carbocycles. The zero-order valence-electron chi connectivity index (χ0n) is 8.43. The van der Waals surface area contributed by atoms with Crippen LogP contribution in [0.4, 0.5) is 0 Å². The third-order valence-electron chi connectivity index (χ3n) is 1.93. The molecule has 0 aromatic heterocycles. The van der Waals surface area contributed by atoms with E-state index in [9.17, 15) is 10.2 Å². The number of para-hydroxylation sites is 1. The molecule has 0 amide bonds. The van der Waals surface area contributed by atoms with Gasteiger partial charge in [-0.25, -0.2) is 0 Å². The van der Waals surface area contributed by atoms with Crippen LogP contribution in [0.2, 0.25) is 0 Å². The van der Waals surface area contributed by atoms with Crippen LogP contribution < -0.4 is 0 Å². The Morgan fingerprint density at radius 1 is 1.33 bits per heavy atom. The van der Waals surface area contributed by atoms with Crippen molar-refractivity contribution in [3.63, 3.8) is 0 Å². The van der Waals surface area contributed by atoms with E-state index in [0.717, 1.165) is 5.56 Å². The van der Waals surface area contributed by atoms with Crippen molar-refractivity contribution < 1.29 is 10.2 Å². The minimum absolute atomic E-state index is 0.165. The lowest BCUT2D eigenvalue weighted by Gasteiger charge is -1.99. The van der Waals surface area contributed by atoms with Gasteiger partial charge in [-0.15, -0.1) is 0 Å². The number of hydrogen-bond acceptors (Lipinski definition) is 2.